The highest BCUT2D eigenvalue weighted by Crippen LogP contribution is 2.26. The first-order chi connectivity index (χ1) is 8.15. The van der Waals surface area contributed by atoms with Crippen LogP contribution in [0.5, 0.6) is 0 Å². The molecule has 0 amide bonds. The Hall–Kier alpha value is -0.980. The summed E-state index contributed by atoms with van der Waals surface area (Å²) in [6.07, 6.45) is 0.837. The van der Waals surface area contributed by atoms with Crippen molar-refractivity contribution < 1.29 is 0 Å². The highest BCUT2D eigenvalue weighted by atomic mass is 35.5. The van der Waals surface area contributed by atoms with E-state index in [4.69, 9.17) is 23.2 Å². The van der Waals surface area contributed by atoms with Gasteiger partial charge in [0, 0.05) is 5.02 Å². The smallest absolute Gasteiger partial charge is 0.0625 e. The number of hydrogen-bond acceptors (Lipinski definition) is 0. The standard InChI is InChI=1S/C15H14Cl2/c1-11-2-4-12(5-3-11)10-15(17)13-6-8-14(16)9-7-13/h2-9,15H,10H2,1H3. The number of aryl methyl sites for hydroxylation is 1. The van der Waals surface area contributed by atoms with E-state index >= 15 is 0 Å². The maximum absolute atomic E-state index is 6.39. The van der Waals surface area contributed by atoms with Crippen LogP contribution < -0.4 is 0 Å². The lowest BCUT2D eigenvalue weighted by atomic mass is 10.0. The molecule has 0 aliphatic carbocycles. The van der Waals surface area contributed by atoms with Crippen molar-refractivity contribution in [1.82, 2.24) is 0 Å². The summed E-state index contributed by atoms with van der Waals surface area (Å²) in [5.41, 5.74) is 3.63. The number of alkyl halides is 1. The second-order valence-corrected chi connectivity index (χ2v) is 5.17. The van der Waals surface area contributed by atoms with Crippen LogP contribution in [0.3, 0.4) is 0 Å². The minimum Gasteiger partial charge on any atom is -0.117 e. The SMILES string of the molecule is Cc1ccc(CC(Cl)c2ccc(Cl)cc2)cc1. The summed E-state index contributed by atoms with van der Waals surface area (Å²) in [5, 5.41) is 0.739. The predicted molar refractivity (Wildman–Crippen MR) is 74.9 cm³/mol. The van der Waals surface area contributed by atoms with Gasteiger partial charge in [0.1, 0.15) is 0 Å². The van der Waals surface area contributed by atoms with Crippen molar-refractivity contribution in [2.75, 3.05) is 0 Å². The quantitative estimate of drug-likeness (QED) is 0.671. The Bertz CT molecular complexity index is 471. The third-order valence-electron chi connectivity index (χ3n) is 2.77. The van der Waals surface area contributed by atoms with Gasteiger partial charge in [0.15, 0.2) is 0 Å². The fourth-order valence-electron chi connectivity index (χ4n) is 1.72. The van der Waals surface area contributed by atoms with E-state index in [-0.39, 0.29) is 5.38 Å². The van der Waals surface area contributed by atoms with E-state index in [0.717, 1.165) is 17.0 Å². The Morgan fingerprint density at radius 2 is 1.53 bits per heavy atom. The molecule has 0 radical (unpaired) electrons. The lowest BCUT2D eigenvalue weighted by Crippen LogP contribution is -1.95. The van der Waals surface area contributed by atoms with Crippen molar-refractivity contribution >= 4 is 23.2 Å². The fourth-order valence-corrected chi connectivity index (χ4v) is 2.17. The molecule has 0 aliphatic rings. The van der Waals surface area contributed by atoms with Crippen LogP contribution in [-0.4, -0.2) is 0 Å². The Morgan fingerprint density at radius 3 is 2.12 bits per heavy atom. The molecule has 0 fully saturated rings. The molecule has 1 atom stereocenters. The van der Waals surface area contributed by atoms with Gasteiger partial charge in [-0.15, -0.1) is 11.6 Å². The highest BCUT2D eigenvalue weighted by molar-refractivity contribution is 6.30. The zero-order chi connectivity index (χ0) is 12.3. The Morgan fingerprint density at radius 1 is 0.941 bits per heavy atom. The summed E-state index contributed by atoms with van der Waals surface area (Å²) >= 11 is 12.2. The first-order valence-electron chi connectivity index (χ1n) is 5.60. The van der Waals surface area contributed by atoms with Gasteiger partial charge in [-0.2, -0.15) is 0 Å². The summed E-state index contributed by atoms with van der Waals surface area (Å²) < 4.78 is 0. The van der Waals surface area contributed by atoms with Gasteiger partial charge < -0.3 is 0 Å². The van der Waals surface area contributed by atoms with Gasteiger partial charge >= 0.3 is 0 Å². The van der Waals surface area contributed by atoms with Crippen molar-refractivity contribution in [2.24, 2.45) is 0 Å². The van der Waals surface area contributed by atoms with Crippen LogP contribution in [0.2, 0.25) is 5.02 Å². The molecule has 2 aromatic rings. The molecule has 0 heterocycles. The first-order valence-corrected chi connectivity index (χ1v) is 6.41. The fraction of sp³-hybridized carbons (Fsp3) is 0.200. The molecular formula is C15H14Cl2. The molecule has 0 saturated heterocycles. The number of hydrogen-bond donors (Lipinski definition) is 0. The second kappa shape index (κ2) is 5.57. The molecule has 2 heteroatoms. The Balaban J connectivity index is 2.08. The van der Waals surface area contributed by atoms with Gasteiger partial charge in [-0.3, -0.25) is 0 Å². The lowest BCUT2D eigenvalue weighted by Gasteiger charge is -2.10. The van der Waals surface area contributed by atoms with E-state index in [0.29, 0.717) is 0 Å². The molecule has 0 saturated carbocycles. The zero-order valence-corrected chi connectivity index (χ0v) is 11.2. The average Bonchev–Trinajstić information content (AvgIpc) is 2.33. The molecule has 17 heavy (non-hydrogen) atoms. The second-order valence-electron chi connectivity index (χ2n) is 4.21. The van der Waals surface area contributed by atoms with Gasteiger partial charge in [0.25, 0.3) is 0 Å². The summed E-state index contributed by atoms with van der Waals surface area (Å²) in [4.78, 5) is 0. The topological polar surface area (TPSA) is 0 Å². The molecular weight excluding hydrogens is 251 g/mol. The third kappa shape index (κ3) is 3.49. The third-order valence-corrected chi connectivity index (χ3v) is 3.43. The lowest BCUT2D eigenvalue weighted by molar-refractivity contribution is 0.919. The van der Waals surface area contributed by atoms with Crippen LogP contribution in [0, 0.1) is 6.92 Å². The van der Waals surface area contributed by atoms with Crippen molar-refractivity contribution in [3.05, 3.63) is 70.2 Å². The van der Waals surface area contributed by atoms with Crippen molar-refractivity contribution in [3.8, 4) is 0 Å². The largest absolute Gasteiger partial charge is 0.117 e. The van der Waals surface area contributed by atoms with Gasteiger partial charge in [0.2, 0.25) is 0 Å². The molecule has 2 aromatic carbocycles. The molecule has 0 nitrogen and oxygen atoms in total. The Kier molecular flexibility index (Phi) is 4.09. The molecule has 2 rings (SSSR count). The van der Waals surface area contributed by atoms with E-state index in [9.17, 15) is 0 Å². The summed E-state index contributed by atoms with van der Waals surface area (Å²) in [5.74, 6) is 0. The molecule has 1 unspecified atom stereocenters. The monoisotopic (exact) mass is 264 g/mol. The molecule has 0 aromatic heterocycles. The maximum Gasteiger partial charge on any atom is 0.0625 e. The highest BCUT2D eigenvalue weighted by Gasteiger charge is 2.08. The summed E-state index contributed by atoms with van der Waals surface area (Å²) in [6, 6.07) is 16.2. The molecule has 0 N–H and O–H groups in total. The van der Waals surface area contributed by atoms with Crippen molar-refractivity contribution in [3.63, 3.8) is 0 Å². The van der Waals surface area contributed by atoms with Gasteiger partial charge in [-0.25, -0.2) is 0 Å². The Labute approximate surface area is 112 Å². The summed E-state index contributed by atoms with van der Waals surface area (Å²) in [7, 11) is 0. The van der Waals surface area contributed by atoms with Crippen LogP contribution in [0.25, 0.3) is 0 Å². The van der Waals surface area contributed by atoms with Gasteiger partial charge in [-0.05, 0) is 36.6 Å². The van der Waals surface area contributed by atoms with Crippen LogP contribution in [0.4, 0.5) is 0 Å². The maximum atomic E-state index is 6.39. The van der Waals surface area contributed by atoms with Crippen LogP contribution in [0.1, 0.15) is 22.1 Å². The van der Waals surface area contributed by atoms with Gasteiger partial charge in [-0.1, -0.05) is 53.6 Å². The van der Waals surface area contributed by atoms with E-state index < -0.39 is 0 Å². The van der Waals surface area contributed by atoms with E-state index in [1.165, 1.54) is 11.1 Å². The van der Waals surface area contributed by atoms with Crippen LogP contribution >= 0.6 is 23.2 Å². The van der Waals surface area contributed by atoms with E-state index in [2.05, 4.69) is 31.2 Å². The zero-order valence-electron chi connectivity index (χ0n) is 9.66. The molecule has 0 spiro atoms. The summed E-state index contributed by atoms with van der Waals surface area (Å²) in [6.45, 7) is 2.08. The van der Waals surface area contributed by atoms with Crippen LogP contribution in [0.15, 0.2) is 48.5 Å². The number of benzene rings is 2. The van der Waals surface area contributed by atoms with E-state index in [1.54, 1.807) is 0 Å². The predicted octanol–water partition coefficient (Wildman–Crippen LogP) is 5.17. The van der Waals surface area contributed by atoms with Crippen molar-refractivity contribution in [2.45, 2.75) is 18.7 Å². The number of halogens is 2. The minimum atomic E-state index is -0.00465. The normalized spacial score (nSPS) is 12.4. The van der Waals surface area contributed by atoms with Crippen molar-refractivity contribution in [1.29, 1.82) is 0 Å². The molecule has 0 bridgehead atoms. The average molecular weight is 265 g/mol. The number of rotatable bonds is 3. The minimum absolute atomic E-state index is 0.00465. The molecule has 88 valence electrons. The van der Waals surface area contributed by atoms with Gasteiger partial charge in [0.05, 0.1) is 5.38 Å². The molecule has 0 aliphatic heterocycles. The first kappa shape index (κ1) is 12.5. The van der Waals surface area contributed by atoms with Crippen LogP contribution in [-0.2, 0) is 6.42 Å². The van der Waals surface area contributed by atoms with E-state index in [1.807, 2.05) is 24.3 Å².